The zero-order valence-electron chi connectivity index (χ0n) is 20.9. The Bertz CT molecular complexity index is 697. The van der Waals surface area contributed by atoms with Crippen LogP contribution in [0, 0.1) is 0 Å². The molecule has 0 bridgehead atoms. The summed E-state index contributed by atoms with van der Waals surface area (Å²) in [5, 5.41) is 0. The third-order valence-corrected chi connectivity index (χ3v) is 6.55. The van der Waals surface area contributed by atoms with Crippen molar-refractivity contribution >= 4 is 20.5 Å². The number of alkyl halides is 10. The van der Waals surface area contributed by atoms with Crippen LogP contribution in [0.15, 0.2) is 0 Å². The van der Waals surface area contributed by atoms with Crippen molar-refractivity contribution in [2.75, 3.05) is 0 Å². The maximum Gasteiger partial charge on any atom is 0.431 e. The van der Waals surface area contributed by atoms with E-state index in [1.165, 1.54) is 13.8 Å². The number of hydrogen-bond acceptors (Lipinski definition) is 6. The standard InChI is InChI=1S/C20H30F10O6Si/c1-7-9-13(31)33-15(19(25,26)27)17(21,22)11(3)35-37(5,6)36-12(4)18(23,24)16(20(28,29)30)34-14(32)10-8-2/h11-12,15-16H,7-10H2,1-6H3. The molecule has 0 aromatic heterocycles. The molecule has 0 saturated carbocycles. The molecule has 0 radical (unpaired) electrons. The van der Waals surface area contributed by atoms with E-state index in [1.807, 2.05) is 0 Å². The molecular weight excluding hydrogens is 554 g/mol. The molecule has 4 atom stereocenters. The van der Waals surface area contributed by atoms with Gasteiger partial charge in [0.1, 0.15) is 12.2 Å². The van der Waals surface area contributed by atoms with Gasteiger partial charge in [-0.05, 0) is 39.8 Å². The van der Waals surface area contributed by atoms with Crippen molar-refractivity contribution in [1.82, 2.24) is 0 Å². The molecule has 220 valence electrons. The minimum Gasteiger partial charge on any atom is -0.446 e. The summed E-state index contributed by atoms with van der Waals surface area (Å²) in [6.07, 6.45) is -26.1. The largest absolute Gasteiger partial charge is 0.446 e. The summed E-state index contributed by atoms with van der Waals surface area (Å²) >= 11 is 0. The van der Waals surface area contributed by atoms with Gasteiger partial charge in [0.25, 0.3) is 12.2 Å². The Hall–Kier alpha value is -1.62. The van der Waals surface area contributed by atoms with Crippen LogP contribution in [0.5, 0.6) is 0 Å². The predicted octanol–water partition coefficient (Wildman–Crippen LogP) is 6.32. The van der Waals surface area contributed by atoms with E-state index >= 15 is 0 Å². The Kier molecular flexibility index (Phi) is 12.4. The molecule has 0 fully saturated rings. The topological polar surface area (TPSA) is 71.1 Å². The zero-order valence-corrected chi connectivity index (χ0v) is 21.9. The summed E-state index contributed by atoms with van der Waals surface area (Å²) in [7, 11) is -4.34. The van der Waals surface area contributed by atoms with Gasteiger partial charge in [-0.3, -0.25) is 9.59 Å². The van der Waals surface area contributed by atoms with Crippen LogP contribution in [-0.4, -0.2) is 69.1 Å². The molecule has 0 spiro atoms. The molecule has 0 aliphatic rings. The van der Waals surface area contributed by atoms with Crippen molar-refractivity contribution in [3.63, 3.8) is 0 Å². The lowest BCUT2D eigenvalue weighted by Crippen LogP contribution is -2.59. The molecule has 0 heterocycles. The molecule has 4 unspecified atom stereocenters. The van der Waals surface area contributed by atoms with E-state index in [1.54, 1.807) is 0 Å². The molecule has 0 amide bonds. The highest BCUT2D eigenvalue weighted by atomic mass is 28.4. The van der Waals surface area contributed by atoms with Crippen molar-refractivity contribution in [2.24, 2.45) is 0 Å². The maximum atomic E-state index is 14.7. The summed E-state index contributed by atoms with van der Waals surface area (Å²) in [6, 6.07) is 0. The fraction of sp³-hybridized carbons (Fsp3) is 0.900. The Morgan fingerprint density at radius 3 is 1.14 bits per heavy atom. The van der Waals surface area contributed by atoms with E-state index < -0.39 is 82.0 Å². The van der Waals surface area contributed by atoms with Gasteiger partial charge in [-0.15, -0.1) is 0 Å². The molecule has 0 aliphatic heterocycles. The monoisotopic (exact) mass is 584 g/mol. The normalized spacial score (nSPS) is 17.1. The predicted molar refractivity (Wildman–Crippen MR) is 110 cm³/mol. The average Bonchev–Trinajstić information content (AvgIpc) is 2.68. The fourth-order valence-corrected chi connectivity index (χ4v) is 5.05. The minimum absolute atomic E-state index is 0.00635. The maximum absolute atomic E-state index is 14.7. The molecular formula is C20H30F10O6Si. The molecule has 37 heavy (non-hydrogen) atoms. The van der Waals surface area contributed by atoms with Crippen LogP contribution in [0.25, 0.3) is 0 Å². The first-order chi connectivity index (χ1) is 16.4. The van der Waals surface area contributed by atoms with Gasteiger partial charge in [0.2, 0.25) is 0 Å². The Morgan fingerprint density at radius 1 is 0.649 bits per heavy atom. The van der Waals surface area contributed by atoms with Crippen molar-refractivity contribution in [2.45, 2.75) is 115 Å². The first-order valence-corrected chi connectivity index (χ1v) is 13.9. The third kappa shape index (κ3) is 10.6. The molecule has 0 N–H and O–H groups in total. The summed E-state index contributed by atoms with van der Waals surface area (Å²) < 4.78 is 156. The van der Waals surface area contributed by atoms with E-state index in [9.17, 15) is 53.5 Å². The number of hydrogen-bond donors (Lipinski definition) is 0. The quantitative estimate of drug-likeness (QED) is 0.135. The number of halogens is 10. The highest BCUT2D eigenvalue weighted by Gasteiger charge is 2.64. The molecule has 6 nitrogen and oxygen atoms in total. The second kappa shape index (κ2) is 13.0. The van der Waals surface area contributed by atoms with E-state index in [0.29, 0.717) is 13.8 Å². The Balaban J connectivity index is 5.81. The van der Waals surface area contributed by atoms with Crippen LogP contribution in [0.2, 0.25) is 13.1 Å². The Labute approximate surface area is 208 Å². The van der Waals surface area contributed by atoms with E-state index in [4.69, 9.17) is 8.85 Å². The smallest absolute Gasteiger partial charge is 0.431 e. The lowest BCUT2D eigenvalue weighted by molar-refractivity contribution is -0.298. The first-order valence-electron chi connectivity index (χ1n) is 11.1. The molecule has 0 aromatic carbocycles. The van der Waals surface area contributed by atoms with Gasteiger partial charge in [0, 0.05) is 12.8 Å². The summed E-state index contributed by atoms with van der Waals surface area (Å²) in [4.78, 5) is 22.9. The molecule has 0 aliphatic carbocycles. The van der Waals surface area contributed by atoms with Crippen LogP contribution in [-0.2, 0) is 27.9 Å². The fourth-order valence-electron chi connectivity index (χ4n) is 2.98. The number of ether oxygens (including phenoxy) is 2. The van der Waals surface area contributed by atoms with Crippen LogP contribution < -0.4 is 0 Å². The SMILES string of the molecule is CCCC(=O)OC(C(F)(F)F)C(F)(F)C(C)O[Si](C)(C)OC(C)C(F)(F)C(OC(=O)CCC)C(F)(F)F. The van der Waals surface area contributed by atoms with Gasteiger partial charge in [0.05, 0.1) is 0 Å². The summed E-state index contributed by atoms with van der Waals surface area (Å²) in [5.41, 5.74) is 0. The Morgan fingerprint density at radius 2 is 0.919 bits per heavy atom. The number of rotatable bonds is 14. The van der Waals surface area contributed by atoms with Gasteiger partial charge in [0.15, 0.2) is 0 Å². The lowest BCUT2D eigenvalue weighted by Gasteiger charge is -2.39. The van der Waals surface area contributed by atoms with Crippen molar-refractivity contribution in [3.05, 3.63) is 0 Å². The van der Waals surface area contributed by atoms with Gasteiger partial charge in [-0.25, -0.2) is 0 Å². The second-order valence-corrected chi connectivity index (χ2v) is 11.9. The highest BCUT2D eigenvalue weighted by molar-refractivity contribution is 6.64. The number of carbonyl (C=O) groups excluding carboxylic acids is 2. The van der Waals surface area contributed by atoms with Crippen LogP contribution >= 0.6 is 0 Å². The van der Waals surface area contributed by atoms with Crippen molar-refractivity contribution in [3.8, 4) is 0 Å². The van der Waals surface area contributed by atoms with Crippen LogP contribution in [0.3, 0.4) is 0 Å². The minimum atomic E-state index is -5.75. The van der Waals surface area contributed by atoms with Gasteiger partial charge in [-0.1, -0.05) is 13.8 Å². The van der Waals surface area contributed by atoms with Crippen LogP contribution in [0.4, 0.5) is 43.9 Å². The molecule has 0 saturated heterocycles. The summed E-state index contributed by atoms with van der Waals surface area (Å²) in [6.45, 7) is 5.26. The van der Waals surface area contributed by atoms with Crippen LogP contribution in [0.1, 0.15) is 53.4 Å². The van der Waals surface area contributed by atoms with Gasteiger partial charge >= 0.3 is 44.7 Å². The highest BCUT2D eigenvalue weighted by Crippen LogP contribution is 2.41. The van der Waals surface area contributed by atoms with Gasteiger partial charge < -0.3 is 18.3 Å². The second-order valence-electron chi connectivity index (χ2n) is 8.59. The average molecular weight is 585 g/mol. The number of carbonyl (C=O) groups is 2. The first kappa shape index (κ1) is 35.4. The number of esters is 2. The molecule has 0 aromatic rings. The molecule has 17 heteroatoms. The van der Waals surface area contributed by atoms with Crippen molar-refractivity contribution in [1.29, 1.82) is 0 Å². The lowest BCUT2D eigenvalue weighted by atomic mass is 10.1. The van der Waals surface area contributed by atoms with Gasteiger partial charge in [-0.2, -0.15) is 43.9 Å². The zero-order chi connectivity index (χ0) is 29.6. The summed E-state index contributed by atoms with van der Waals surface area (Å²) in [5.74, 6) is -13.0. The van der Waals surface area contributed by atoms with E-state index in [-0.39, 0.29) is 12.8 Å². The van der Waals surface area contributed by atoms with E-state index in [0.717, 1.165) is 13.1 Å². The third-order valence-electron chi connectivity index (χ3n) is 4.71. The molecule has 0 rings (SSSR count). The van der Waals surface area contributed by atoms with Crippen molar-refractivity contribution < 1.29 is 71.8 Å². The van der Waals surface area contributed by atoms with E-state index in [2.05, 4.69) is 9.47 Å².